The number of thiazole rings is 1. The van der Waals surface area contributed by atoms with E-state index in [1.54, 1.807) is 29.2 Å². The van der Waals surface area contributed by atoms with Crippen LogP contribution in [0.15, 0.2) is 41.3 Å². The number of amides is 1. The Labute approximate surface area is 205 Å². The summed E-state index contributed by atoms with van der Waals surface area (Å²) in [5, 5.41) is 1.22. The van der Waals surface area contributed by atoms with Gasteiger partial charge in [-0.15, -0.1) is 0 Å². The summed E-state index contributed by atoms with van der Waals surface area (Å²) in [4.78, 5) is 21.9. The first-order valence-electron chi connectivity index (χ1n) is 10.9. The van der Waals surface area contributed by atoms with Gasteiger partial charge in [-0.3, -0.25) is 9.69 Å². The van der Waals surface area contributed by atoms with E-state index in [0.717, 1.165) is 34.3 Å². The molecule has 0 spiro atoms. The minimum atomic E-state index is -3.43. The number of hydrogen-bond acceptors (Lipinski definition) is 6. The molecule has 1 amide bonds. The number of rotatable bonds is 10. The van der Waals surface area contributed by atoms with Crippen LogP contribution in [0.4, 0.5) is 5.13 Å². The molecule has 2 aromatic carbocycles. The van der Waals surface area contributed by atoms with Gasteiger partial charge in [0.15, 0.2) is 15.0 Å². The zero-order valence-electron chi connectivity index (χ0n) is 19.5. The molecule has 0 bridgehead atoms. The average molecular weight is 508 g/mol. The van der Waals surface area contributed by atoms with Crippen molar-refractivity contribution >= 4 is 54.0 Å². The van der Waals surface area contributed by atoms with Gasteiger partial charge in [0.25, 0.3) is 0 Å². The number of sulfone groups is 1. The number of carbonyl (C=O) groups excluding carboxylic acids is 1. The normalized spacial score (nSPS) is 11.9. The molecule has 0 atom stereocenters. The van der Waals surface area contributed by atoms with Crippen LogP contribution in [-0.2, 0) is 14.6 Å². The smallest absolute Gasteiger partial charge is 0.228 e. The second-order valence-electron chi connectivity index (χ2n) is 8.48. The number of anilines is 1. The molecule has 178 valence electrons. The number of aromatic nitrogens is 1. The second-order valence-corrected chi connectivity index (χ2v) is 12.0. The van der Waals surface area contributed by atoms with Crippen molar-refractivity contribution in [1.82, 2.24) is 9.88 Å². The van der Waals surface area contributed by atoms with Gasteiger partial charge >= 0.3 is 0 Å². The lowest BCUT2D eigenvalue weighted by molar-refractivity contribution is -0.118. The predicted molar refractivity (Wildman–Crippen MR) is 137 cm³/mol. The van der Waals surface area contributed by atoms with E-state index in [2.05, 4.69) is 4.90 Å². The molecule has 0 aliphatic carbocycles. The molecule has 0 saturated carbocycles. The molecule has 9 heteroatoms. The first-order valence-corrected chi connectivity index (χ1v) is 13.7. The Bertz CT molecular complexity index is 1180. The summed E-state index contributed by atoms with van der Waals surface area (Å²) >= 11 is 7.77. The topological polar surface area (TPSA) is 70.6 Å². The summed E-state index contributed by atoms with van der Waals surface area (Å²) in [6.07, 6.45) is 1.17. The SMILES string of the molecule is Cc1ccc(S(=O)(=O)CCCC(=O)N(CCCN(C)C)c2nc3c(C)ccc(Cl)c3s2)cc1. The molecule has 0 aliphatic rings. The van der Waals surface area contributed by atoms with Gasteiger partial charge < -0.3 is 4.90 Å². The van der Waals surface area contributed by atoms with Gasteiger partial charge in [-0.05, 0) is 71.1 Å². The number of benzene rings is 2. The van der Waals surface area contributed by atoms with Crippen LogP contribution in [0.25, 0.3) is 10.2 Å². The maximum absolute atomic E-state index is 13.2. The summed E-state index contributed by atoms with van der Waals surface area (Å²) < 4.78 is 26.2. The number of halogens is 1. The lowest BCUT2D eigenvalue weighted by Gasteiger charge is -2.21. The minimum absolute atomic E-state index is 0.0713. The van der Waals surface area contributed by atoms with Crippen molar-refractivity contribution in [2.45, 2.75) is 38.0 Å². The van der Waals surface area contributed by atoms with Crippen molar-refractivity contribution in [1.29, 1.82) is 0 Å². The van der Waals surface area contributed by atoms with Crippen molar-refractivity contribution in [2.24, 2.45) is 0 Å². The van der Waals surface area contributed by atoms with Gasteiger partial charge in [0.2, 0.25) is 5.91 Å². The second kappa shape index (κ2) is 11.0. The Morgan fingerprint density at radius 3 is 2.36 bits per heavy atom. The first-order chi connectivity index (χ1) is 15.6. The Kier molecular flexibility index (Phi) is 8.50. The fourth-order valence-electron chi connectivity index (χ4n) is 3.49. The fraction of sp³-hybridized carbons (Fsp3) is 0.417. The van der Waals surface area contributed by atoms with E-state index in [0.29, 0.717) is 21.6 Å². The third-order valence-corrected chi connectivity index (χ3v) is 8.74. The van der Waals surface area contributed by atoms with Crippen LogP contribution in [0.3, 0.4) is 0 Å². The van der Waals surface area contributed by atoms with E-state index >= 15 is 0 Å². The van der Waals surface area contributed by atoms with Crippen molar-refractivity contribution in [3.05, 3.63) is 52.5 Å². The van der Waals surface area contributed by atoms with E-state index < -0.39 is 9.84 Å². The average Bonchev–Trinajstić information content (AvgIpc) is 3.20. The summed E-state index contributed by atoms with van der Waals surface area (Å²) in [5.74, 6) is -0.196. The van der Waals surface area contributed by atoms with E-state index in [1.165, 1.54) is 11.3 Å². The molecule has 3 rings (SSSR count). The van der Waals surface area contributed by atoms with E-state index in [-0.39, 0.29) is 24.5 Å². The van der Waals surface area contributed by atoms with Crippen LogP contribution in [-0.4, -0.2) is 57.1 Å². The maximum Gasteiger partial charge on any atom is 0.228 e. The van der Waals surface area contributed by atoms with Gasteiger partial charge in [0.05, 0.1) is 25.9 Å². The molecule has 1 heterocycles. The largest absolute Gasteiger partial charge is 0.309 e. The van der Waals surface area contributed by atoms with Crippen molar-refractivity contribution in [2.75, 3.05) is 37.8 Å². The monoisotopic (exact) mass is 507 g/mol. The highest BCUT2D eigenvalue weighted by Gasteiger charge is 2.22. The van der Waals surface area contributed by atoms with Gasteiger partial charge in [-0.1, -0.05) is 46.7 Å². The first kappa shape index (κ1) is 25.6. The van der Waals surface area contributed by atoms with Gasteiger partial charge in [0, 0.05) is 13.0 Å². The highest BCUT2D eigenvalue weighted by molar-refractivity contribution is 7.91. The molecule has 6 nitrogen and oxygen atoms in total. The Hall–Kier alpha value is -2.00. The van der Waals surface area contributed by atoms with Gasteiger partial charge in [0.1, 0.15) is 0 Å². The van der Waals surface area contributed by atoms with Crippen LogP contribution in [0, 0.1) is 13.8 Å². The maximum atomic E-state index is 13.2. The number of carbonyl (C=O) groups is 1. The van der Waals surface area contributed by atoms with Gasteiger partial charge in [-0.2, -0.15) is 0 Å². The Balaban J connectivity index is 1.75. The van der Waals surface area contributed by atoms with Crippen molar-refractivity contribution in [3.8, 4) is 0 Å². The van der Waals surface area contributed by atoms with Crippen LogP contribution >= 0.6 is 22.9 Å². The lowest BCUT2D eigenvalue weighted by atomic mass is 10.2. The Morgan fingerprint density at radius 1 is 1.03 bits per heavy atom. The summed E-state index contributed by atoms with van der Waals surface area (Å²) in [6.45, 7) is 5.22. The predicted octanol–water partition coefficient (Wildman–Crippen LogP) is 5.11. The third-order valence-electron chi connectivity index (χ3n) is 5.39. The molecule has 0 aliphatic heterocycles. The van der Waals surface area contributed by atoms with E-state index in [1.807, 2.05) is 40.1 Å². The molecule has 0 N–H and O–H groups in total. The molecule has 0 unspecified atom stereocenters. The molecule has 3 aromatic rings. The number of nitrogens with zero attached hydrogens (tertiary/aromatic N) is 3. The number of hydrogen-bond donors (Lipinski definition) is 0. The fourth-order valence-corrected chi connectivity index (χ4v) is 6.16. The van der Waals surface area contributed by atoms with Crippen molar-refractivity contribution in [3.63, 3.8) is 0 Å². The van der Waals surface area contributed by atoms with Crippen LogP contribution in [0.2, 0.25) is 5.02 Å². The molecule has 0 fully saturated rings. The third kappa shape index (κ3) is 6.53. The molecule has 0 radical (unpaired) electrons. The Morgan fingerprint density at radius 2 is 1.73 bits per heavy atom. The highest BCUT2D eigenvalue weighted by atomic mass is 35.5. The van der Waals surface area contributed by atoms with Crippen LogP contribution < -0.4 is 4.90 Å². The quantitative estimate of drug-likeness (QED) is 0.381. The zero-order chi connectivity index (χ0) is 24.2. The van der Waals surface area contributed by atoms with Gasteiger partial charge in [-0.25, -0.2) is 13.4 Å². The van der Waals surface area contributed by atoms with E-state index in [9.17, 15) is 13.2 Å². The lowest BCUT2D eigenvalue weighted by Crippen LogP contribution is -2.33. The minimum Gasteiger partial charge on any atom is -0.309 e. The molecule has 0 saturated heterocycles. The van der Waals surface area contributed by atoms with Crippen LogP contribution in [0.5, 0.6) is 0 Å². The van der Waals surface area contributed by atoms with Crippen LogP contribution in [0.1, 0.15) is 30.4 Å². The summed E-state index contributed by atoms with van der Waals surface area (Å²) in [7, 11) is 0.547. The zero-order valence-corrected chi connectivity index (χ0v) is 21.9. The molecule has 1 aromatic heterocycles. The highest BCUT2D eigenvalue weighted by Crippen LogP contribution is 2.36. The summed E-state index contributed by atoms with van der Waals surface area (Å²) in [5.41, 5.74) is 2.81. The van der Waals surface area contributed by atoms with E-state index in [4.69, 9.17) is 16.6 Å². The molecule has 33 heavy (non-hydrogen) atoms. The van der Waals surface area contributed by atoms with Crippen molar-refractivity contribution < 1.29 is 13.2 Å². The number of aryl methyl sites for hydroxylation is 2. The molecular weight excluding hydrogens is 478 g/mol. The number of fused-ring (bicyclic) bond motifs is 1. The molecular formula is C24H30ClN3O3S2. The standard InChI is InChI=1S/C24H30ClN3O3S2/c1-17-8-11-19(12-9-17)33(30,31)16-5-7-21(29)28(15-6-14-27(3)4)24-26-22-18(2)10-13-20(25)23(22)32-24/h8-13H,5-7,14-16H2,1-4H3. The summed E-state index contributed by atoms with van der Waals surface area (Å²) in [6, 6.07) is 10.6.